The largest absolute Gasteiger partial charge is 0.355 e. The van der Waals surface area contributed by atoms with E-state index in [-0.39, 0.29) is 5.56 Å². The van der Waals surface area contributed by atoms with Crippen LogP contribution in [0, 0.1) is 0 Å². The predicted octanol–water partition coefficient (Wildman–Crippen LogP) is 2.46. The predicted molar refractivity (Wildman–Crippen MR) is 80.5 cm³/mol. The molecule has 0 amide bonds. The van der Waals surface area contributed by atoms with Gasteiger partial charge in [-0.2, -0.15) is 0 Å². The van der Waals surface area contributed by atoms with Gasteiger partial charge in [0.2, 0.25) is 0 Å². The summed E-state index contributed by atoms with van der Waals surface area (Å²) in [5.74, 6) is 0.743. The van der Waals surface area contributed by atoms with Crippen molar-refractivity contribution in [2.75, 3.05) is 18.0 Å². The quantitative estimate of drug-likeness (QED) is 0.798. The summed E-state index contributed by atoms with van der Waals surface area (Å²) in [4.78, 5) is 23.4. The van der Waals surface area contributed by atoms with Crippen LogP contribution in [0.1, 0.15) is 26.2 Å². The van der Waals surface area contributed by atoms with Gasteiger partial charge in [-0.3, -0.25) is 9.36 Å². The lowest BCUT2D eigenvalue weighted by atomic mass is 10.1. The van der Waals surface area contributed by atoms with Crippen molar-refractivity contribution in [3.63, 3.8) is 0 Å². The molecule has 1 saturated heterocycles. The summed E-state index contributed by atoms with van der Waals surface area (Å²) in [5, 5.41) is 0.903. The molecular formula is C14H17ClN4O. The van der Waals surface area contributed by atoms with Crippen LogP contribution in [0.2, 0.25) is 5.15 Å². The van der Waals surface area contributed by atoms with Crippen LogP contribution in [0.4, 0.5) is 5.82 Å². The highest BCUT2D eigenvalue weighted by Crippen LogP contribution is 2.26. The number of piperidine rings is 1. The van der Waals surface area contributed by atoms with E-state index in [1.807, 2.05) is 6.92 Å². The van der Waals surface area contributed by atoms with Gasteiger partial charge in [-0.15, -0.1) is 0 Å². The number of nitrogens with zero attached hydrogens (tertiary/aromatic N) is 4. The monoisotopic (exact) mass is 292 g/mol. The third-order valence-corrected chi connectivity index (χ3v) is 3.95. The Bertz CT molecular complexity index is 691. The maximum Gasteiger partial charge on any atom is 0.261 e. The summed E-state index contributed by atoms with van der Waals surface area (Å²) in [6.45, 7) is 4.41. The Labute approximate surface area is 122 Å². The fraction of sp³-hybridized carbons (Fsp3) is 0.500. The van der Waals surface area contributed by atoms with E-state index in [1.54, 1.807) is 17.0 Å². The maximum absolute atomic E-state index is 12.4. The first-order valence-corrected chi connectivity index (χ1v) is 7.39. The van der Waals surface area contributed by atoms with Crippen molar-refractivity contribution in [3.05, 3.63) is 27.9 Å². The maximum atomic E-state index is 12.4. The summed E-state index contributed by atoms with van der Waals surface area (Å²) < 4.78 is 1.58. The van der Waals surface area contributed by atoms with Crippen molar-refractivity contribution in [1.29, 1.82) is 0 Å². The minimum atomic E-state index is -0.0555. The molecule has 0 N–H and O–H groups in total. The van der Waals surface area contributed by atoms with Crippen LogP contribution in [-0.2, 0) is 6.54 Å². The van der Waals surface area contributed by atoms with Crippen molar-refractivity contribution < 1.29 is 0 Å². The number of rotatable bonds is 2. The van der Waals surface area contributed by atoms with Crippen molar-refractivity contribution in [2.45, 2.75) is 32.7 Å². The molecule has 0 atom stereocenters. The number of anilines is 1. The van der Waals surface area contributed by atoms with Gasteiger partial charge in [0, 0.05) is 19.6 Å². The van der Waals surface area contributed by atoms with E-state index < -0.39 is 0 Å². The van der Waals surface area contributed by atoms with Crippen molar-refractivity contribution in [2.24, 2.45) is 0 Å². The molecule has 2 aromatic rings. The van der Waals surface area contributed by atoms with Crippen LogP contribution >= 0.6 is 11.6 Å². The molecule has 3 rings (SSSR count). The molecule has 1 fully saturated rings. The van der Waals surface area contributed by atoms with Gasteiger partial charge in [0.15, 0.2) is 5.82 Å². The van der Waals surface area contributed by atoms with E-state index in [1.165, 1.54) is 6.42 Å². The molecule has 0 radical (unpaired) electrons. The van der Waals surface area contributed by atoms with Gasteiger partial charge in [0.1, 0.15) is 10.7 Å². The molecule has 1 aliphatic heterocycles. The summed E-state index contributed by atoms with van der Waals surface area (Å²) in [6, 6.07) is 1.62. The molecule has 106 valence electrons. The molecule has 0 aliphatic carbocycles. The topological polar surface area (TPSA) is 51.0 Å². The molecule has 0 bridgehead atoms. The first-order chi connectivity index (χ1) is 9.70. The van der Waals surface area contributed by atoms with Crippen LogP contribution < -0.4 is 10.5 Å². The van der Waals surface area contributed by atoms with E-state index in [0.29, 0.717) is 22.6 Å². The Hall–Kier alpha value is -1.62. The summed E-state index contributed by atoms with van der Waals surface area (Å²) >= 11 is 6.10. The lowest BCUT2D eigenvalue weighted by Crippen LogP contribution is -2.31. The van der Waals surface area contributed by atoms with E-state index in [9.17, 15) is 4.79 Å². The molecule has 5 nitrogen and oxygen atoms in total. The van der Waals surface area contributed by atoms with Gasteiger partial charge in [0.05, 0.1) is 11.7 Å². The number of pyridine rings is 1. The number of fused-ring (bicyclic) bond motifs is 1. The zero-order chi connectivity index (χ0) is 14.1. The Morgan fingerprint density at radius 2 is 2.05 bits per heavy atom. The van der Waals surface area contributed by atoms with Crippen LogP contribution in [0.3, 0.4) is 0 Å². The second kappa shape index (κ2) is 5.40. The first-order valence-electron chi connectivity index (χ1n) is 7.01. The molecule has 0 saturated carbocycles. The van der Waals surface area contributed by atoms with Gasteiger partial charge in [-0.25, -0.2) is 9.97 Å². The van der Waals surface area contributed by atoms with E-state index in [4.69, 9.17) is 11.6 Å². The number of aromatic nitrogens is 3. The Morgan fingerprint density at radius 1 is 1.30 bits per heavy atom. The normalized spacial score (nSPS) is 15.8. The van der Waals surface area contributed by atoms with Crippen molar-refractivity contribution >= 4 is 28.3 Å². The van der Waals surface area contributed by atoms with Crippen molar-refractivity contribution in [1.82, 2.24) is 14.5 Å². The minimum Gasteiger partial charge on any atom is -0.355 e. The third-order valence-electron chi connectivity index (χ3n) is 3.76. The molecule has 1 aliphatic rings. The smallest absolute Gasteiger partial charge is 0.261 e. The Balaban J connectivity index is 2.21. The van der Waals surface area contributed by atoms with Crippen LogP contribution in [0.25, 0.3) is 10.9 Å². The lowest BCUT2D eigenvalue weighted by molar-refractivity contribution is 0.574. The Morgan fingerprint density at radius 3 is 2.75 bits per heavy atom. The summed E-state index contributed by atoms with van der Waals surface area (Å²) in [6.07, 6.45) is 5.11. The van der Waals surface area contributed by atoms with Gasteiger partial charge >= 0.3 is 0 Å². The standard InChI is InChI=1S/C14H17ClN4O/c1-2-18-9-16-12-10(14(18)20)8-11(15)17-13(12)19-6-4-3-5-7-19/h8-9H,2-7H2,1H3. The number of halogens is 1. The SMILES string of the molecule is CCn1cnc2c(N3CCCCC3)nc(Cl)cc2c1=O. The molecule has 6 heteroatoms. The van der Waals surface area contributed by atoms with Gasteiger partial charge in [-0.05, 0) is 32.3 Å². The zero-order valence-electron chi connectivity index (χ0n) is 11.5. The number of hydrogen-bond donors (Lipinski definition) is 0. The average Bonchev–Trinajstić information content (AvgIpc) is 2.48. The second-order valence-electron chi connectivity index (χ2n) is 5.05. The minimum absolute atomic E-state index is 0.0555. The summed E-state index contributed by atoms with van der Waals surface area (Å²) in [7, 11) is 0. The molecule has 2 aromatic heterocycles. The Kier molecular flexibility index (Phi) is 3.61. The van der Waals surface area contributed by atoms with Crippen LogP contribution in [0.5, 0.6) is 0 Å². The second-order valence-corrected chi connectivity index (χ2v) is 5.44. The number of hydrogen-bond acceptors (Lipinski definition) is 4. The zero-order valence-corrected chi connectivity index (χ0v) is 12.2. The van der Waals surface area contributed by atoms with E-state index >= 15 is 0 Å². The highest BCUT2D eigenvalue weighted by atomic mass is 35.5. The van der Waals surface area contributed by atoms with Gasteiger partial charge in [0.25, 0.3) is 5.56 Å². The molecule has 20 heavy (non-hydrogen) atoms. The van der Waals surface area contributed by atoms with Gasteiger partial charge < -0.3 is 4.90 Å². The molecule has 0 aromatic carbocycles. The lowest BCUT2D eigenvalue weighted by Gasteiger charge is -2.28. The average molecular weight is 293 g/mol. The molecule has 0 unspecified atom stereocenters. The molecule has 0 spiro atoms. The summed E-state index contributed by atoms with van der Waals surface area (Å²) in [5.41, 5.74) is 0.603. The van der Waals surface area contributed by atoms with Crippen molar-refractivity contribution in [3.8, 4) is 0 Å². The highest BCUT2D eigenvalue weighted by molar-refractivity contribution is 6.30. The highest BCUT2D eigenvalue weighted by Gasteiger charge is 2.18. The van der Waals surface area contributed by atoms with Crippen LogP contribution in [-0.4, -0.2) is 27.6 Å². The van der Waals surface area contributed by atoms with E-state index in [2.05, 4.69) is 14.9 Å². The fourth-order valence-corrected chi connectivity index (χ4v) is 2.86. The van der Waals surface area contributed by atoms with Crippen LogP contribution in [0.15, 0.2) is 17.2 Å². The molecule has 3 heterocycles. The fourth-order valence-electron chi connectivity index (χ4n) is 2.67. The van der Waals surface area contributed by atoms with Gasteiger partial charge in [-0.1, -0.05) is 11.6 Å². The first kappa shape index (κ1) is 13.4. The third kappa shape index (κ3) is 2.26. The van der Waals surface area contributed by atoms with E-state index in [0.717, 1.165) is 31.7 Å². The molecular weight excluding hydrogens is 276 g/mol. The number of aryl methyl sites for hydroxylation is 1.